The minimum Gasteiger partial charge on any atom is -0.345 e. The lowest BCUT2D eigenvalue weighted by molar-refractivity contribution is -0.141. The van der Waals surface area contributed by atoms with E-state index in [2.05, 4.69) is 9.88 Å². The van der Waals surface area contributed by atoms with Crippen molar-refractivity contribution in [1.29, 1.82) is 0 Å². The summed E-state index contributed by atoms with van der Waals surface area (Å²) >= 11 is 6.28. The Balaban J connectivity index is 1.60. The van der Waals surface area contributed by atoms with Gasteiger partial charge >= 0.3 is 0 Å². The van der Waals surface area contributed by atoms with E-state index in [4.69, 9.17) is 11.6 Å². The Morgan fingerprint density at radius 1 is 1.11 bits per heavy atom. The molecule has 1 aromatic carbocycles. The zero-order valence-electron chi connectivity index (χ0n) is 22.6. The maximum atomic E-state index is 14.1. The highest BCUT2D eigenvalue weighted by molar-refractivity contribution is 6.31. The van der Waals surface area contributed by atoms with Gasteiger partial charge < -0.3 is 19.7 Å². The third-order valence-corrected chi connectivity index (χ3v) is 8.66. The molecule has 0 unspecified atom stereocenters. The quantitative estimate of drug-likeness (QED) is 0.509. The van der Waals surface area contributed by atoms with Crippen molar-refractivity contribution in [1.82, 2.24) is 19.7 Å². The molecule has 8 heteroatoms. The van der Waals surface area contributed by atoms with E-state index < -0.39 is 0 Å². The Bertz CT molecular complexity index is 1140. The zero-order chi connectivity index (χ0) is 26.7. The molecule has 2 aliphatic rings. The minimum absolute atomic E-state index is 0.0315. The van der Waals surface area contributed by atoms with Gasteiger partial charge in [0, 0.05) is 67.7 Å². The molecule has 4 rings (SSSR count). The van der Waals surface area contributed by atoms with Gasteiger partial charge in [-0.05, 0) is 63.8 Å². The Labute approximate surface area is 225 Å². The van der Waals surface area contributed by atoms with E-state index in [-0.39, 0.29) is 41.5 Å². The number of halogens is 1. The molecule has 202 valence electrons. The summed E-state index contributed by atoms with van der Waals surface area (Å²) in [5.74, 6) is 0.196. The van der Waals surface area contributed by atoms with Crippen molar-refractivity contribution in [2.45, 2.75) is 76.9 Å². The lowest BCUT2D eigenvalue weighted by Crippen LogP contribution is -2.45. The number of ketones is 1. The summed E-state index contributed by atoms with van der Waals surface area (Å²) in [6.07, 6.45) is 9.59. The van der Waals surface area contributed by atoms with Crippen LogP contribution in [0.4, 0.5) is 0 Å². The molecule has 1 aliphatic heterocycles. The second-order valence-electron chi connectivity index (χ2n) is 11.1. The molecule has 0 bridgehead atoms. The number of likely N-dealkylation sites (N-methyl/N-ethyl adjacent to an activating group) is 1. The van der Waals surface area contributed by atoms with Gasteiger partial charge in [-0.1, -0.05) is 30.9 Å². The molecule has 0 radical (unpaired) electrons. The first-order valence-electron chi connectivity index (χ1n) is 13.7. The van der Waals surface area contributed by atoms with Crippen molar-refractivity contribution in [3.63, 3.8) is 0 Å². The van der Waals surface area contributed by atoms with Gasteiger partial charge in [0.2, 0.25) is 5.91 Å². The van der Waals surface area contributed by atoms with Gasteiger partial charge in [0.25, 0.3) is 5.91 Å². The fraction of sp³-hybridized carbons (Fsp3) is 0.621. The number of nitrogens with zero attached hydrogens (tertiary/aromatic N) is 3. The summed E-state index contributed by atoms with van der Waals surface area (Å²) in [5, 5.41) is 4.46. The van der Waals surface area contributed by atoms with Gasteiger partial charge in [-0.15, -0.1) is 0 Å². The summed E-state index contributed by atoms with van der Waals surface area (Å²) in [5.41, 5.74) is 1.56. The smallest absolute Gasteiger partial charge is 0.255 e. The predicted molar refractivity (Wildman–Crippen MR) is 148 cm³/mol. The molecule has 2 heterocycles. The topological polar surface area (TPSA) is 74.6 Å². The number of carbonyl (C=O) groups is 3. The van der Waals surface area contributed by atoms with E-state index in [0.717, 1.165) is 56.0 Å². The molecule has 1 saturated carbocycles. The average Bonchev–Trinajstić information content (AvgIpc) is 3.50. The summed E-state index contributed by atoms with van der Waals surface area (Å²) in [4.78, 5) is 43.5. The number of fused-ring (bicyclic) bond motifs is 1. The van der Waals surface area contributed by atoms with E-state index in [1.165, 1.54) is 6.42 Å². The van der Waals surface area contributed by atoms with Crippen LogP contribution in [0.15, 0.2) is 24.4 Å². The fourth-order valence-electron chi connectivity index (χ4n) is 6.13. The van der Waals surface area contributed by atoms with Crippen LogP contribution in [0.3, 0.4) is 0 Å². The normalized spacial score (nSPS) is 20.2. The Hall–Kier alpha value is -2.38. The first kappa shape index (κ1) is 27.6. The number of hydrogen-bond acceptors (Lipinski definition) is 4. The van der Waals surface area contributed by atoms with Crippen molar-refractivity contribution < 1.29 is 14.4 Å². The Morgan fingerprint density at radius 2 is 1.84 bits per heavy atom. The van der Waals surface area contributed by atoms with E-state index in [0.29, 0.717) is 23.6 Å². The Kier molecular flexibility index (Phi) is 8.96. The summed E-state index contributed by atoms with van der Waals surface area (Å²) < 4.78 is 2.10. The summed E-state index contributed by atoms with van der Waals surface area (Å²) in [6, 6.07) is 5.42. The first-order valence-corrected chi connectivity index (χ1v) is 14.1. The van der Waals surface area contributed by atoms with Gasteiger partial charge in [-0.25, -0.2) is 0 Å². The van der Waals surface area contributed by atoms with E-state index in [1.54, 1.807) is 26.0 Å². The zero-order valence-corrected chi connectivity index (χ0v) is 23.4. The highest BCUT2D eigenvalue weighted by Gasteiger charge is 2.39. The molecule has 1 aliphatic carbocycles. The highest BCUT2D eigenvalue weighted by Crippen LogP contribution is 2.36. The maximum Gasteiger partial charge on any atom is 0.255 e. The van der Waals surface area contributed by atoms with Crippen LogP contribution in [0.1, 0.15) is 68.6 Å². The van der Waals surface area contributed by atoms with Gasteiger partial charge in [0.1, 0.15) is 5.78 Å². The lowest BCUT2D eigenvalue weighted by Gasteiger charge is -2.35. The monoisotopic (exact) mass is 528 g/mol. The molecule has 0 spiro atoms. The Morgan fingerprint density at radius 3 is 2.51 bits per heavy atom. The number of Topliss-reactive ketones (excluding diaryl/α,β-unsaturated/α-hetero) is 1. The standard InChI is InChI=1S/C29H41ClN4O3/c1-19(31-2)27(35)16-23(20-9-6-5-7-10-20)29(37)34-14-8-11-22(34)17-33-18-25(28(36)32(3)4)24-15-21(30)12-13-26(24)33/h12-13,15,18-20,22-23,31H,5-11,14,16-17H2,1-4H3/t19-,22-,23-/m0/s1. The molecule has 2 amide bonds. The van der Waals surface area contributed by atoms with Crippen LogP contribution in [0.25, 0.3) is 10.9 Å². The van der Waals surface area contributed by atoms with E-state index in [1.807, 2.05) is 36.2 Å². The van der Waals surface area contributed by atoms with Gasteiger partial charge in [0.15, 0.2) is 0 Å². The summed E-state index contributed by atoms with van der Waals surface area (Å²) in [6.45, 7) is 3.21. The largest absolute Gasteiger partial charge is 0.345 e. The van der Waals surface area contributed by atoms with Gasteiger partial charge in [0.05, 0.1) is 11.6 Å². The molecule has 2 aromatic rings. The second kappa shape index (κ2) is 12.0. The minimum atomic E-state index is -0.254. The van der Waals surface area contributed by atoms with Crippen molar-refractivity contribution in [3.8, 4) is 0 Å². The number of aromatic nitrogens is 1. The molecule has 1 aromatic heterocycles. The van der Waals surface area contributed by atoms with Gasteiger partial charge in [-0.2, -0.15) is 0 Å². The fourth-order valence-corrected chi connectivity index (χ4v) is 6.31. The highest BCUT2D eigenvalue weighted by atomic mass is 35.5. The second-order valence-corrected chi connectivity index (χ2v) is 11.5. The molecule has 1 N–H and O–H groups in total. The van der Waals surface area contributed by atoms with Crippen molar-refractivity contribution in [3.05, 3.63) is 35.0 Å². The molecule has 2 fully saturated rings. The first-order chi connectivity index (χ1) is 17.7. The van der Waals surface area contributed by atoms with Gasteiger partial charge in [-0.3, -0.25) is 14.4 Å². The molecule has 7 nitrogen and oxygen atoms in total. The van der Waals surface area contributed by atoms with Crippen LogP contribution in [-0.4, -0.2) is 71.7 Å². The molecular weight excluding hydrogens is 488 g/mol. The van der Waals surface area contributed by atoms with Crippen LogP contribution < -0.4 is 5.32 Å². The predicted octanol–water partition coefficient (Wildman–Crippen LogP) is 4.75. The molecule has 3 atom stereocenters. The number of nitrogens with one attached hydrogen (secondary N) is 1. The molecule has 1 saturated heterocycles. The third-order valence-electron chi connectivity index (χ3n) is 8.42. The number of benzene rings is 1. The average molecular weight is 529 g/mol. The number of amides is 2. The van der Waals surface area contributed by atoms with Crippen LogP contribution in [-0.2, 0) is 16.1 Å². The number of likely N-dealkylation sites (tertiary alicyclic amines) is 1. The van der Waals surface area contributed by atoms with Crippen molar-refractivity contribution >= 4 is 40.1 Å². The number of rotatable bonds is 9. The summed E-state index contributed by atoms with van der Waals surface area (Å²) in [7, 11) is 5.28. The van der Waals surface area contributed by atoms with E-state index >= 15 is 0 Å². The van der Waals surface area contributed by atoms with Crippen LogP contribution in [0.2, 0.25) is 5.02 Å². The SMILES string of the molecule is CN[C@@H](C)C(=O)C[C@H](C(=O)N1CCC[C@H]1Cn1cc(C(=O)N(C)C)c2cc(Cl)ccc21)C1CCCCC1. The van der Waals surface area contributed by atoms with Crippen LogP contribution >= 0.6 is 11.6 Å². The van der Waals surface area contributed by atoms with Crippen LogP contribution in [0.5, 0.6) is 0 Å². The van der Waals surface area contributed by atoms with Crippen LogP contribution in [0, 0.1) is 11.8 Å². The molecule has 37 heavy (non-hydrogen) atoms. The van der Waals surface area contributed by atoms with Crippen molar-refractivity contribution in [2.24, 2.45) is 11.8 Å². The van der Waals surface area contributed by atoms with E-state index in [9.17, 15) is 14.4 Å². The maximum absolute atomic E-state index is 14.1. The molecular formula is C29H41ClN4O3. The lowest BCUT2D eigenvalue weighted by atomic mass is 9.76. The van der Waals surface area contributed by atoms with Crippen molar-refractivity contribution in [2.75, 3.05) is 27.7 Å². The number of hydrogen-bond donors (Lipinski definition) is 1. The third kappa shape index (κ3) is 6.04. The number of carbonyl (C=O) groups excluding carboxylic acids is 3.